The van der Waals surface area contributed by atoms with Crippen LogP contribution in [0.15, 0.2) is 24.3 Å². The largest absolute Gasteiger partial charge is 0.399 e. The standard InChI is InChI=1S/C17H26N2O2/c1-17(2,13-7-9-14(18)10-8-13)16(21)19-11-12-5-3-4-6-15(12)20/h7-10,12,15,20H,3-6,11,18H2,1-2H3,(H,19,21). The molecule has 0 saturated heterocycles. The Bertz CT molecular complexity index is 482. The van der Waals surface area contributed by atoms with Crippen molar-refractivity contribution in [1.29, 1.82) is 0 Å². The molecule has 4 N–H and O–H groups in total. The minimum atomic E-state index is -0.604. The number of amides is 1. The smallest absolute Gasteiger partial charge is 0.230 e. The van der Waals surface area contributed by atoms with Crippen molar-refractivity contribution >= 4 is 11.6 Å². The van der Waals surface area contributed by atoms with Gasteiger partial charge in [0, 0.05) is 18.2 Å². The molecule has 0 heterocycles. The van der Waals surface area contributed by atoms with Gasteiger partial charge in [-0.15, -0.1) is 0 Å². The van der Waals surface area contributed by atoms with E-state index in [9.17, 15) is 9.90 Å². The van der Waals surface area contributed by atoms with E-state index in [0.717, 1.165) is 31.2 Å². The second-order valence-corrected chi connectivity index (χ2v) is 6.57. The van der Waals surface area contributed by atoms with E-state index >= 15 is 0 Å². The lowest BCUT2D eigenvalue weighted by Gasteiger charge is -2.30. The highest BCUT2D eigenvalue weighted by atomic mass is 16.3. The average Bonchev–Trinajstić information content (AvgIpc) is 2.46. The number of anilines is 1. The zero-order valence-electron chi connectivity index (χ0n) is 12.9. The van der Waals surface area contributed by atoms with Gasteiger partial charge in [0.2, 0.25) is 5.91 Å². The van der Waals surface area contributed by atoms with Gasteiger partial charge in [-0.1, -0.05) is 25.0 Å². The quantitative estimate of drug-likeness (QED) is 0.744. The number of nitrogens with one attached hydrogen (secondary N) is 1. The summed E-state index contributed by atoms with van der Waals surface area (Å²) >= 11 is 0. The summed E-state index contributed by atoms with van der Waals surface area (Å²) in [6, 6.07) is 7.42. The van der Waals surface area contributed by atoms with Crippen molar-refractivity contribution in [3.05, 3.63) is 29.8 Å². The topological polar surface area (TPSA) is 75.3 Å². The van der Waals surface area contributed by atoms with Gasteiger partial charge in [-0.2, -0.15) is 0 Å². The van der Waals surface area contributed by atoms with Crippen molar-refractivity contribution in [3.63, 3.8) is 0 Å². The van der Waals surface area contributed by atoms with Crippen LogP contribution in [0.2, 0.25) is 0 Å². The first-order chi connectivity index (χ1) is 9.91. The number of aliphatic hydroxyl groups is 1. The molecule has 0 bridgehead atoms. The fraction of sp³-hybridized carbons (Fsp3) is 0.588. The summed E-state index contributed by atoms with van der Waals surface area (Å²) in [5.74, 6) is 0.176. The van der Waals surface area contributed by atoms with Crippen LogP contribution in [-0.4, -0.2) is 23.7 Å². The number of rotatable bonds is 4. The fourth-order valence-corrected chi connectivity index (χ4v) is 2.90. The Morgan fingerprint density at radius 1 is 1.29 bits per heavy atom. The summed E-state index contributed by atoms with van der Waals surface area (Å²) in [7, 11) is 0. The van der Waals surface area contributed by atoms with E-state index in [-0.39, 0.29) is 17.9 Å². The average molecular weight is 290 g/mol. The highest BCUT2D eigenvalue weighted by Crippen LogP contribution is 2.26. The lowest BCUT2D eigenvalue weighted by molar-refractivity contribution is -0.126. The zero-order chi connectivity index (χ0) is 15.5. The molecular formula is C17H26N2O2. The van der Waals surface area contributed by atoms with Crippen molar-refractivity contribution < 1.29 is 9.90 Å². The van der Waals surface area contributed by atoms with Crippen LogP contribution in [-0.2, 0) is 10.2 Å². The highest BCUT2D eigenvalue weighted by molar-refractivity contribution is 5.87. The van der Waals surface area contributed by atoms with Gasteiger partial charge >= 0.3 is 0 Å². The lowest BCUT2D eigenvalue weighted by Crippen LogP contribution is -2.44. The second-order valence-electron chi connectivity index (χ2n) is 6.57. The van der Waals surface area contributed by atoms with Gasteiger partial charge < -0.3 is 16.2 Å². The first kappa shape index (κ1) is 15.8. The molecule has 0 aliphatic heterocycles. The molecule has 1 aliphatic carbocycles. The van der Waals surface area contributed by atoms with E-state index in [0.29, 0.717) is 12.2 Å². The van der Waals surface area contributed by atoms with Crippen molar-refractivity contribution in [2.45, 2.75) is 51.0 Å². The van der Waals surface area contributed by atoms with E-state index in [4.69, 9.17) is 5.73 Å². The first-order valence-electron chi connectivity index (χ1n) is 7.73. The Hall–Kier alpha value is -1.55. The van der Waals surface area contributed by atoms with Crippen LogP contribution in [0.1, 0.15) is 45.1 Å². The molecule has 1 saturated carbocycles. The van der Waals surface area contributed by atoms with Gasteiger partial charge in [-0.3, -0.25) is 4.79 Å². The summed E-state index contributed by atoms with van der Waals surface area (Å²) in [6.45, 7) is 4.37. The van der Waals surface area contributed by atoms with Gasteiger partial charge in [0.05, 0.1) is 11.5 Å². The highest BCUT2D eigenvalue weighted by Gasteiger charge is 2.31. The number of carbonyl (C=O) groups is 1. The molecule has 0 radical (unpaired) electrons. The third kappa shape index (κ3) is 3.76. The van der Waals surface area contributed by atoms with Gasteiger partial charge in [-0.05, 0) is 44.4 Å². The molecule has 4 nitrogen and oxygen atoms in total. The number of nitrogens with two attached hydrogens (primary N) is 1. The van der Waals surface area contributed by atoms with E-state index in [1.165, 1.54) is 0 Å². The zero-order valence-corrected chi connectivity index (χ0v) is 12.9. The van der Waals surface area contributed by atoms with Gasteiger partial charge in [0.15, 0.2) is 0 Å². The number of hydrogen-bond donors (Lipinski definition) is 3. The lowest BCUT2D eigenvalue weighted by atomic mass is 9.82. The molecule has 0 aromatic heterocycles. The van der Waals surface area contributed by atoms with Crippen molar-refractivity contribution in [2.24, 2.45) is 5.92 Å². The molecule has 116 valence electrons. The van der Waals surface area contributed by atoms with Crippen LogP contribution in [0.5, 0.6) is 0 Å². The van der Waals surface area contributed by atoms with E-state index in [1.807, 2.05) is 38.1 Å². The maximum Gasteiger partial charge on any atom is 0.230 e. The minimum Gasteiger partial charge on any atom is -0.399 e. The summed E-state index contributed by atoms with van der Waals surface area (Å²) in [6.07, 6.45) is 3.78. The Labute approximate surface area is 126 Å². The molecule has 1 aliphatic rings. The monoisotopic (exact) mass is 290 g/mol. The maximum absolute atomic E-state index is 12.5. The minimum absolute atomic E-state index is 0.00922. The van der Waals surface area contributed by atoms with Gasteiger partial charge in [-0.25, -0.2) is 0 Å². The number of nitrogen functional groups attached to an aromatic ring is 1. The van der Waals surface area contributed by atoms with Crippen molar-refractivity contribution in [1.82, 2.24) is 5.32 Å². The van der Waals surface area contributed by atoms with Gasteiger partial charge in [0.1, 0.15) is 0 Å². The second kappa shape index (κ2) is 6.48. The summed E-state index contributed by atoms with van der Waals surface area (Å²) < 4.78 is 0. The fourth-order valence-electron chi connectivity index (χ4n) is 2.90. The Kier molecular flexibility index (Phi) is 4.88. The third-order valence-electron chi connectivity index (χ3n) is 4.59. The predicted molar refractivity (Wildman–Crippen MR) is 84.9 cm³/mol. The van der Waals surface area contributed by atoms with Crippen molar-refractivity contribution in [3.8, 4) is 0 Å². The number of benzene rings is 1. The summed E-state index contributed by atoms with van der Waals surface area (Å²) in [5.41, 5.74) is 6.72. The van der Waals surface area contributed by atoms with E-state index in [2.05, 4.69) is 5.32 Å². The van der Waals surface area contributed by atoms with Gasteiger partial charge in [0.25, 0.3) is 0 Å². The molecule has 4 heteroatoms. The molecular weight excluding hydrogens is 264 g/mol. The molecule has 1 fully saturated rings. The molecule has 2 atom stereocenters. The Balaban J connectivity index is 1.96. The maximum atomic E-state index is 12.5. The Morgan fingerprint density at radius 3 is 2.52 bits per heavy atom. The SMILES string of the molecule is CC(C)(C(=O)NCC1CCCCC1O)c1ccc(N)cc1. The molecule has 2 rings (SSSR count). The number of aliphatic hydroxyl groups excluding tert-OH is 1. The first-order valence-corrected chi connectivity index (χ1v) is 7.73. The van der Waals surface area contributed by atoms with E-state index in [1.54, 1.807) is 0 Å². The van der Waals surface area contributed by atoms with Crippen LogP contribution < -0.4 is 11.1 Å². The third-order valence-corrected chi connectivity index (χ3v) is 4.59. The molecule has 2 unspecified atom stereocenters. The van der Waals surface area contributed by atoms with Crippen LogP contribution >= 0.6 is 0 Å². The van der Waals surface area contributed by atoms with Crippen LogP contribution in [0.25, 0.3) is 0 Å². The predicted octanol–water partition coefficient (Wildman–Crippen LogP) is 2.21. The Morgan fingerprint density at radius 2 is 1.90 bits per heavy atom. The summed E-state index contributed by atoms with van der Waals surface area (Å²) in [5, 5.41) is 13.0. The molecule has 1 aromatic carbocycles. The number of hydrogen-bond acceptors (Lipinski definition) is 3. The molecule has 21 heavy (non-hydrogen) atoms. The van der Waals surface area contributed by atoms with Crippen LogP contribution in [0.4, 0.5) is 5.69 Å². The normalized spacial score (nSPS) is 22.8. The molecule has 1 amide bonds. The molecule has 0 spiro atoms. The van der Waals surface area contributed by atoms with Crippen LogP contribution in [0.3, 0.4) is 0 Å². The van der Waals surface area contributed by atoms with E-state index < -0.39 is 5.41 Å². The van der Waals surface area contributed by atoms with Crippen molar-refractivity contribution in [2.75, 3.05) is 12.3 Å². The van der Waals surface area contributed by atoms with Crippen LogP contribution in [0, 0.1) is 5.92 Å². The molecule has 1 aromatic rings. The number of carbonyl (C=O) groups excluding carboxylic acids is 1. The summed E-state index contributed by atoms with van der Waals surface area (Å²) in [4.78, 5) is 12.5.